The van der Waals surface area contributed by atoms with Gasteiger partial charge >= 0.3 is 0 Å². The lowest BCUT2D eigenvalue weighted by molar-refractivity contribution is -0.181. The third-order valence-corrected chi connectivity index (χ3v) is 5.06. The smallest absolute Gasteiger partial charge is 0.272 e. The number of ether oxygens (including phenoxy) is 2. The number of halogens is 1. The van der Waals surface area contributed by atoms with Crippen LogP contribution in [0.15, 0.2) is 30.3 Å². The Kier molecular flexibility index (Phi) is 5.23. The van der Waals surface area contributed by atoms with Crippen molar-refractivity contribution in [3.8, 4) is 0 Å². The third-order valence-electron chi connectivity index (χ3n) is 5.06. The average molecular weight is 386 g/mol. The van der Waals surface area contributed by atoms with Gasteiger partial charge in [0.2, 0.25) is 5.95 Å². The first-order valence-corrected chi connectivity index (χ1v) is 9.44. The largest absolute Gasteiger partial charge is 0.350 e. The maximum absolute atomic E-state index is 13.0. The highest BCUT2D eigenvalue weighted by atomic mass is 19.1. The molecule has 8 heteroatoms. The topological polar surface area (TPSA) is 76.6 Å². The molecule has 0 atom stereocenters. The number of piperidine rings is 1. The van der Waals surface area contributed by atoms with Gasteiger partial charge in [0.15, 0.2) is 5.79 Å². The van der Waals surface area contributed by atoms with Gasteiger partial charge in [0.05, 0.1) is 13.2 Å². The number of aryl methyl sites for hydroxylation is 1. The maximum atomic E-state index is 13.0. The number of benzene rings is 1. The zero-order valence-electron chi connectivity index (χ0n) is 15.8. The van der Waals surface area contributed by atoms with Crippen LogP contribution in [-0.2, 0) is 16.0 Å². The second-order valence-electron chi connectivity index (χ2n) is 7.10. The van der Waals surface area contributed by atoms with Gasteiger partial charge in [-0.15, -0.1) is 0 Å². The monoisotopic (exact) mass is 386 g/mol. The van der Waals surface area contributed by atoms with E-state index in [2.05, 4.69) is 15.3 Å². The number of hydrogen-bond donors (Lipinski definition) is 1. The molecular weight excluding hydrogens is 363 g/mol. The van der Waals surface area contributed by atoms with Crippen LogP contribution in [0.2, 0.25) is 0 Å². The third kappa shape index (κ3) is 4.13. The number of carbonyl (C=O) groups is 1. The Labute approximate surface area is 162 Å². The van der Waals surface area contributed by atoms with Crippen LogP contribution in [0.5, 0.6) is 0 Å². The first-order chi connectivity index (χ1) is 13.5. The number of carbonyl (C=O) groups excluding carboxylic acids is 1. The summed E-state index contributed by atoms with van der Waals surface area (Å²) in [4.78, 5) is 23.4. The van der Waals surface area contributed by atoms with Gasteiger partial charge in [-0.2, -0.15) is 0 Å². The fraction of sp³-hybridized carbons (Fsp3) is 0.450. The molecule has 0 aliphatic carbocycles. The fourth-order valence-electron chi connectivity index (χ4n) is 3.54. The van der Waals surface area contributed by atoms with Crippen LogP contribution in [0.1, 0.15) is 34.6 Å². The van der Waals surface area contributed by atoms with Crippen molar-refractivity contribution in [2.24, 2.45) is 0 Å². The Morgan fingerprint density at radius 3 is 2.54 bits per heavy atom. The molecule has 2 saturated heterocycles. The predicted octanol–water partition coefficient (Wildman–Crippen LogP) is 2.52. The summed E-state index contributed by atoms with van der Waals surface area (Å²) in [5.41, 5.74) is 1.96. The first kappa shape index (κ1) is 18.8. The molecule has 3 heterocycles. The number of likely N-dealkylation sites (tertiary alicyclic amines) is 1. The summed E-state index contributed by atoms with van der Waals surface area (Å²) in [6, 6.07) is 7.90. The number of amides is 1. The summed E-state index contributed by atoms with van der Waals surface area (Å²) in [5.74, 6) is -0.535. The molecule has 0 saturated carbocycles. The number of rotatable bonds is 4. The molecule has 0 radical (unpaired) electrons. The molecule has 1 N–H and O–H groups in total. The molecule has 2 aromatic rings. The van der Waals surface area contributed by atoms with Crippen LogP contribution in [0, 0.1) is 12.7 Å². The SMILES string of the molecule is Cc1cc(C(=O)N2CCC3(CC2)OCCO3)nc(NCc2ccc(F)cc2)n1. The zero-order valence-corrected chi connectivity index (χ0v) is 15.8. The highest BCUT2D eigenvalue weighted by Gasteiger charge is 2.41. The second-order valence-corrected chi connectivity index (χ2v) is 7.10. The standard InChI is InChI=1S/C20H23FN4O3/c1-14-12-17(18(26)25-8-6-20(7-9-25)27-10-11-28-20)24-19(23-14)22-13-15-2-4-16(21)5-3-15/h2-5,12H,6-11,13H2,1H3,(H,22,23,24). The van der Waals surface area contributed by atoms with Gasteiger partial charge in [-0.25, -0.2) is 14.4 Å². The van der Waals surface area contributed by atoms with E-state index < -0.39 is 5.79 Å². The maximum Gasteiger partial charge on any atom is 0.272 e. The van der Waals surface area contributed by atoms with Crippen LogP contribution < -0.4 is 5.32 Å². The molecular formula is C20H23FN4O3. The summed E-state index contributed by atoms with van der Waals surface area (Å²) >= 11 is 0. The Balaban J connectivity index is 1.41. The van der Waals surface area contributed by atoms with Crippen LogP contribution in [0.3, 0.4) is 0 Å². The molecule has 1 aromatic carbocycles. The Morgan fingerprint density at radius 1 is 1.18 bits per heavy atom. The van der Waals surface area contributed by atoms with Gasteiger partial charge in [0, 0.05) is 38.2 Å². The molecule has 0 bridgehead atoms. The Bertz CT molecular complexity index is 843. The quantitative estimate of drug-likeness (QED) is 0.870. The summed E-state index contributed by atoms with van der Waals surface area (Å²) in [7, 11) is 0. The van der Waals surface area contributed by atoms with Crippen LogP contribution in [-0.4, -0.2) is 52.9 Å². The minimum absolute atomic E-state index is 0.122. The molecule has 2 aliphatic heterocycles. The van der Waals surface area contributed by atoms with Crippen molar-refractivity contribution in [2.75, 3.05) is 31.6 Å². The van der Waals surface area contributed by atoms with Gasteiger partial charge < -0.3 is 19.7 Å². The summed E-state index contributed by atoms with van der Waals surface area (Å²) in [5, 5.41) is 3.10. The fourth-order valence-corrected chi connectivity index (χ4v) is 3.54. The van der Waals surface area contributed by atoms with E-state index in [1.165, 1.54) is 12.1 Å². The molecule has 1 amide bonds. The number of anilines is 1. The predicted molar refractivity (Wildman–Crippen MR) is 100 cm³/mol. The van der Waals surface area contributed by atoms with Crippen LogP contribution >= 0.6 is 0 Å². The van der Waals surface area contributed by atoms with Crippen LogP contribution in [0.25, 0.3) is 0 Å². The van der Waals surface area contributed by atoms with Gasteiger partial charge in [0.1, 0.15) is 11.5 Å². The lowest BCUT2D eigenvalue weighted by atomic mass is 10.0. The molecule has 2 aliphatic rings. The average Bonchev–Trinajstić information content (AvgIpc) is 3.15. The number of nitrogens with one attached hydrogen (secondary N) is 1. The van der Waals surface area contributed by atoms with Crippen molar-refractivity contribution in [2.45, 2.75) is 32.1 Å². The van der Waals surface area contributed by atoms with E-state index in [1.54, 1.807) is 23.1 Å². The summed E-state index contributed by atoms with van der Waals surface area (Å²) in [6.45, 7) is 4.63. The molecule has 2 fully saturated rings. The van der Waals surface area contributed by atoms with E-state index in [4.69, 9.17) is 9.47 Å². The lowest BCUT2D eigenvalue weighted by Crippen LogP contribution is -2.47. The molecule has 4 rings (SSSR count). The van der Waals surface area contributed by atoms with Crippen molar-refractivity contribution >= 4 is 11.9 Å². The normalized spacial score (nSPS) is 18.4. The highest BCUT2D eigenvalue weighted by Crippen LogP contribution is 2.31. The molecule has 7 nitrogen and oxygen atoms in total. The molecule has 28 heavy (non-hydrogen) atoms. The van der Waals surface area contributed by atoms with E-state index in [9.17, 15) is 9.18 Å². The van der Waals surface area contributed by atoms with Crippen molar-refractivity contribution in [3.63, 3.8) is 0 Å². The molecule has 148 valence electrons. The second kappa shape index (κ2) is 7.81. The minimum Gasteiger partial charge on any atom is -0.350 e. The van der Waals surface area contributed by atoms with E-state index in [0.717, 1.165) is 5.56 Å². The highest BCUT2D eigenvalue weighted by molar-refractivity contribution is 5.92. The minimum atomic E-state index is -0.514. The van der Waals surface area contributed by atoms with Crippen LogP contribution in [0.4, 0.5) is 10.3 Å². The number of aromatic nitrogens is 2. The number of nitrogens with zero attached hydrogens (tertiary/aromatic N) is 3. The lowest BCUT2D eigenvalue weighted by Gasteiger charge is -2.37. The Morgan fingerprint density at radius 2 is 1.86 bits per heavy atom. The summed E-state index contributed by atoms with van der Waals surface area (Å²) in [6.07, 6.45) is 1.33. The van der Waals surface area contributed by atoms with Crippen molar-refractivity contribution in [1.29, 1.82) is 0 Å². The summed E-state index contributed by atoms with van der Waals surface area (Å²) < 4.78 is 24.4. The Hall–Kier alpha value is -2.58. The van der Waals surface area contributed by atoms with E-state index in [-0.39, 0.29) is 11.7 Å². The zero-order chi connectivity index (χ0) is 19.6. The van der Waals surface area contributed by atoms with Crippen molar-refractivity contribution < 1.29 is 18.7 Å². The van der Waals surface area contributed by atoms with Crippen molar-refractivity contribution in [3.05, 3.63) is 53.1 Å². The molecule has 0 unspecified atom stereocenters. The van der Waals surface area contributed by atoms with E-state index in [1.807, 2.05) is 6.92 Å². The van der Waals surface area contributed by atoms with Gasteiger partial charge in [-0.05, 0) is 30.7 Å². The first-order valence-electron chi connectivity index (χ1n) is 9.44. The van der Waals surface area contributed by atoms with Crippen molar-refractivity contribution in [1.82, 2.24) is 14.9 Å². The van der Waals surface area contributed by atoms with Gasteiger partial charge in [0.25, 0.3) is 5.91 Å². The van der Waals surface area contributed by atoms with Gasteiger partial charge in [-0.1, -0.05) is 12.1 Å². The molecule has 1 spiro atoms. The van der Waals surface area contributed by atoms with E-state index >= 15 is 0 Å². The molecule has 1 aromatic heterocycles. The van der Waals surface area contributed by atoms with Gasteiger partial charge in [-0.3, -0.25) is 4.79 Å². The van der Waals surface area contributed by atoms with E-state index in [0.29, 0.717) is 63.0 Å². The number of hydrogen-bond acceptors (Lipinski definition) is 6.